The Morgan fingerprint density at radius 1 is 0.484 bits per heavy atom. The highest BCUT2D eigenvalue weighted by molar-refractivity contribution is 6.67. The molecule has 0 fully saturated rings. The molecule has 0 amide bonds. The summed E-state index contributed by atoms with van der Waals surface area (Å²) in [6.07, 6.45) is 25.1. The second-order valence-corrected chi connectivity index (χ2v) is 13.6. The summed E-state index contributed by atoms with van der Waals surface area (Å²) in [6.45, 7) is 13.2. The molecule has 0 unspecified atom stereocenters. The average Bonchev–Trinajstić information content (AvgIpc) is 2.80. The van der Waals surface area contributed by atoms with E-state index in [9.17, 15) is 0 Å². The summed E-state index contributed by atoms with van der Waals surface area (Å²) in [4.78, 5) is 0. The molecule has 0 aromatic carbocycles. The molecular weight excluding hydrogens is 396 g/mol. The quantitative estimate of drug-likeness (QED) is 0.100. The van der Waals surface area contributed by atoms with Gasteiger partial charge in [0.1, 0.15) is 0 Å². The Morgan fingerprint density at radius 3 is 1.23 bits per heavy atom. The Balaban J connectivity index is 3.52. The normalized spacial score (nSPS) is 12.2. The predicted molar refractivity (Wildman–Crippen MR) is 142 cm³/mol. The van der Waals surface area contributed by atoms with E-state index in [4.69, 9.17) is 8.85 Å². The second-order valence-electron chi connectivity index (χ2n) is 9.76. The Kier molecular flexibility index (Phi) is 23.4. The van der Waals surface area contributed by atoms with Crippen LogP contribution < -0.4 is 0 Å². The van der Waals surface area contributed by atoms with Gasteiger partial charge in [-0.2, -0.15) is 0 Å². The van der Waals surface area contributed by atoms with Crippen molar-refractivity contribution < 1.29 is 8.85 Å². The fourth-order valence-corrected chi connectivity index (χ4v) is 6.86. The van der Waals surface area contributed by atoms with Gasteiger partial charge in [0.25, 0.3) is 0 Å². The molecule has 2 nitrogen and oxygen atoms in total. The van der Waals surface area contributed by atoms with Gasteiger partial charge in [0, 0.05) is 13.2 Å². The molecule has 3 heteroatoms. The first-order valence-corrected chi connectivity index (χ1v) is 16.7. The Morgan fingerprint density at radius 2 is 0.871 bits per heavy atom. The van der Waals surface area contributed by atoms with Crippen molar-refractivity contribution in [3.8, 4) is 0 Å². The van der Waals surface area contributed by atoms with Crippen LogP contribution in [0.3, 0.4) is 0 Å². The maximum absolute atomic E-state index is 6.42. The minimum Gasteiger partial charge on any atom is -0.394 e. The summed E-state index contributed by atoms with van der Waals surface area (Å²) < 4.78 is 12.8. The third-order valence-corrected chi connectivity index (χ3v) is 10.8. The molecule has 0 radical (unpaired) electrons. The lowest BCUT2D eigenvalue weighted by Gasteiger charge is -2.30. The molecule has 0 N–H and O–H groups in total. The molecule has 0 saturated carbocycles. The molecule has 0 spiro atoms. The summed E-state index contributed by atoms with van der Waals surface area (Å²) in [5.74, 6) is 0.698. The van der Waals surface area contributed by atoms with Gasteiger partial charge in [-0.05, 0) is 24.4 Å². The second kappa shape index (κ2) is 23.3. The molecule has 31 heavy (non-hydrogen) atoms. The lowest BCUT2D eigenvalue weighted by molar-refractivity contribution is 0.140. The lowest BCUT2D eigenvalue weighted by atomic mass is 10.0. The maximum Gasteiger partial charge on any atom is 0.337 e. The van der Waals surface area contributed by atoms with E-state index in [2.05, 4.69) is 34.6 Å². The van der Waals surface area contributed by atoms with Crippen LogP contribution in [0.25, 0.3) is 0 Å². The Labute approximate surface area is 198 Å². The summed E-state index contributed by atoms with van der Waals surface area (Å²) in [7, 11) is -1.95. The van der Waals surface area contributed by atoms with Crippen molar-refractivity contribution in [1.82, 2.24) is 0 Å². The van der Waals surface area contributed by atoms with E-state index in [1.165, 1.54) is 116 Å². The fourth-order valence-electron chi connectivity index (χ4n) is 4.40. The molecular formula is C28H60O2Si. The topological polar surface area (TPSA) is 18.5 Å². The largest absolute Gasteiger partial charge is 0.394 e. The number of rotatable bonds is 25. The smallest absolute Gasteiger partial charge is 0.337 e. The molecule has 0 heterocycles. The average molecular weight is 457 g/mol. The number of unbranched alkanes of at least 4 members (excludes halogenated alkanes) is 15. The van der Waals surface area contributed by atoms with Gasteiger partial charge in [0.2, 0.25) is 0 Å². The summed E-state index contributed by atoms with van der Waals surface area (Å²) >= 11 is 0. The van der Waals surface area contributed by atoms with E-state index in [-0.39, 0.29) is 0 Å². The highest BCUT2D eigenvalue weighted by Crippen LogP contribution is 2.22. The minimum atomic E-state index is -1.95. The summed E-state index contributed by atoms with van der Waals surface area (Å²) in [6, 6.07) is 2.17. The number of hydrogen-bond donors (Lipinski definition) is 0. The van der Waals surface area contributed by atoms with Crippen molar-refractivity contribution in [2.45, 2.75) is 162 Å². The first kappa shape index (κ1) is 31.1. The molecule has 188 valence electrons. The van der Waals surface area contributed by atoms with E-state index >= 15 is 0 Å². The van der Waals surface area contributed by atoms with Gasteiger partial charge in [-0.1, -0.05) is 144 Å². The lowest BCUT2D eigenvalue weighted by Crippen LogP contribution is -2.42. The third-order valence-electron chi connectivity index (χ3n) is 7.18. The van der Waals surface area contributed by atoms with Gasteiger partial charge in [-0.25, -0.2) is 0 Å². The summed E-state index contributed by atoms with van der Waals surface area (Å²) in [5.41, 5.74) is 0. The van der Waals surface area contributed by atoms with Gasteiger partial charge in [0.05, 0.1) is 0 Å². The molecule has 0 aliphatic rings. The van der Waals surface area contributed by atoms with E-state index in [1.54, 1.807) is 0 Å². The van der Waals surface area contributed by atoms with Crippen LogP contribution in [0.1, 0.15) is 150 Å². The summed E-state index contributed by atoms with van der Waals surface area (Å²) in [5, 5.41) is 0. The van der Waals surface area contributed by atoms with Gasteiger partial charge < -0.3 is 8.85 Å². The zero-order valence-electron chi connectivity index (χ0n) is 22.5. The highest BCUT2D eigenvalue weighted by atomic mass is 28.4. The van der Waals surface area contributed by atoms with E-state index < -0.39 is 8.56 Å². The first-order chi connectivity index (χ1) is 15.2. The van der Waals surface area contributed by atoms with Crippen molar-refractivity contribution in [3.63, 3.8) is 0 Å². The molecule has 0 saturated heterocycles. The van der Waals surface area contributed by atoms with Crippen molar-refractivity contribution in [2.75, 3.05) is 13.2 Å². The van der Waals surface area contributed by atoms with Crippen molar-refractivity contribution in [1.29, 1.82) is 0 Å². The van der Waals surface area contributed by atoms with Crippen LogP contribution in [0.4, 0.5) is 0 Å². The minimum absolute atomic E-state index is 0.698. The van der Waals surface area contributed by atoms with Gasteiger partial charge in [-0.3, -0.25) is 0 Å². The SMILES string of the molecule is CCCCCCCCCCCCCCCCCCO[Si](CC)(CC)OCC(CC)CC. The van der Waals surface area contributed by atoms with Crippen LogP contribution in [0.5, 0.6) is 0 Å². The predicted octanol–water partition coefficient (Wildman–Crippen LogP) is 10.2. The standard InChI is InChI=1S/C28H60O2Si/c1-6-11-12-13-14-15-16-17-18-19-20-21-22-23-24-25-26-29-31(9-4,10-5)30-27-28(7-2)8-3/h28H,6-27H2,1-5H3. The van der Waals surface area contributed by atoms with Crippen LogP contribution in [0.2, 0.25) is 12.1 Å². The van der Waals surface area contributed by atoms with Gasteiger partial charge >= 0.3 is 8.56 Å². The Bertz CT molecular complexity index is 340. The van der Waals surface area contributed by atoms with Crippen molar-refractivity contribution in [3.05, 3.63) is 0 Å². The van der Waals surface area contributed by atoms with E-state index in [0.29, 0.717) is 5.92 Å². The van der Waals surface area contributed by atoms with Crippen LogP contribution in [0, 0.1) is 5.92 Å². The zero-order chi connectivity index (χ0) is 23.0. The third kappa shape index (κ3) is 18.3. The maximum atomic E-state index is 6.42. The molecule has 0 aromatic heterocycles. The van der Waals surface area contributed by atoms with Gasteiger partial charge in [0.15, 0.2) is 0 Å². The zero-order valence-corrected chi connectivity index (χ0v) is 23.5. The molecule has 0 aliphatic heterocycles. The Hall–Kier alpha value is 0.137. The van der Waals surface area contributed by atoms with E-state index in [0.717, 1.165) is 25.3 Å². The molecule has 0 aliphatic carbocycles. The van der Waals surface area contributed by atoms with Gasteiger partial charge in [-0.15, -0.1) is 0 Å². The first-order valence-electron chi connectivity index (χ1n) is 14.5. The van der Waals surface area contributed by atoms with Crippen LogP contribution in [-0.2, 0) is 8.85 Å². The van der Waals surface area contributed by atoms with Crippen LogP contribution >= 0.6 is 0 Å². The van der Waals surface area contributed by atoms with Crippen LogP contribution in [0.15, 0.2) is 0 Å². The molecule has 0 atom stereocenters. The number of hydrogen-bond acceptors (Lipinski definition) is 2. The molecule has 0 bridgehead atoms. The molecule has 0 aromatic rings. The fraction of sp³-hybridized carbons (Fsp3) is 1.00. The molecule has 0 rings (SSSR count). The monoisotopic (exact) mass is 456 g/mol. The van der Waals surface area contributed by atoms with Crippen LogP contribution in [-0.4, -0.2) is 21.8 Å². The van der Waals surface area contributed by atoms with Crippen molar-refractivity contribution >= 4 is 8.56 Å². The highest BCUT2D eigenvalue weighted by Gasteiger charge is 2.33. The van der Waals surface area contributed by atoms with Crippen molar-refractivity contribution in [2.24, 2.45) is 5.92 Å². The van der Waals surface area contributed by atoms with E-state index in [1.807, 2.05) is 0 Å².